The van der Waals surface area contributed by atoms with Gasteiger partial charge in [0.05, 0.1) is 6.54 Å². The van der Waals surface area contributed by atoms with E-state index in [-0.39, 0.29) is 23.8 Å². The highest BCUT2D eigenvalue weighted by molar-refractivity contribution is 5.88. The predicted molar refractivity (Wildman–Crippen MR) is 96.9 cm³/mol. The topological polar surface area (TPSA) is 54.3 Å². The van der Waals surface area contributed by atoms with Crippen molar-refractivity contribution in [3.8, 4) is 0 Å². The molecule has 2 aliphatic rings. The summed E-state index contributed by atoms with van der Waals surface area (Å²) < 4.78 is 2.31. The molecule has 1 saturated carbocycles. The van der Waals surface area contributed by atoms with Gasteiger partial charge >= 0.3 is 0 Å². The second-order valence-electron chi connectivity index (χ2n) is 7.33. The first-order valence-corrected chi connectivity index (χ1v) is 9.26. The molecule has 5 nitrogen and oxygen atoms in total. The summed E-state index contributed by atoms with van der Waals surface area (Å²) in [6.07, 6.45) is 4.38. The average molecular weight is 339 g/mol. The van der Waals surface area contributed by atoms with E-state index in [4.69, 9.17) is 0 Å². The lowest BCUT2D eigenvalue weighted by atomic mass is 9.96. The van der Waals surface area contributed by atoms with E-state index in [1.165, 1.54) is 23.5 Å². The third-order valence-corrected chi connectivity index (χ3v) is 5.65. The van der Waals surface area contributed by atoms with Crippen molar-refractivity contribution in [3.05, 3.63) is 36.0 Å². The molecule has 1 atom stereocenters. The van der Waals surface area contributed by atoms with E-state index in [0.29, 0.717) is 13.1 Å². The Balaban J connectivity index is 1.56. The smallest absolute Gasteiger partial charge is 0.245 e. The quantitative estimate of drug-likeness (QED) is 0.935. The second-order valence-corrected chi connectivity index (χ2v) is 7.33. The number of hydrogen-bond acceptors (Lipinski definition) is 2. The number of nitrogens with zero attached hydrogens (tertiary/aromatic N) is 2. The fraction of sp³-hybridized carbons (Fsp3) is 0.500. The molecule has 0 radical (unpaired) electrons. The third kappa shape index (κ3) is 3.03. The molecule has 25 heavy (non-hydrogen) atoms. The van der Waals surface area contributed by atoms with Crippen LogP contribution < -0.4 is 5.32 Å². The van der Waals surface area contributed by atoms with Crippen LogP contribution in [0.2, 0.25) is 0 Å². The summed E-state index contributed by atoms with van der Waals surface area (Å²) in [6, 6.07) is 10.2. The Morgan fingerprint density at radius 3 is 2.68 bits per heavy atom. The van der Waals surface area contributed by atoms with E-state index in [2.05, 4.69) is 34.1 Å². The number of carbonyl (C=O) groups excluding carboxylic acids is 2. The molecule has 5 heteroatoms. The monoisotopic (exact) mass is 339 g/mol. The van der Waals surface area contributed by atoms with Crippen LogP contribution in [0.25, 0.3) is 10.9 Å². The first-order chi connectivity index (χ1) is 12.1. The summed E-state index contributed by atoms with van der Waals surface area (Å²) in [5, 5.41) is 4.16. The van der Waals surface area contributed by atoms with Crippen molar-refractivity contribution in [2.24, 2.45) is 5.92 Å². The van der Waals surface area contributed by atoms with Crippen LogP contribution in [0.1, 0.15) is 38.3 Å². The van der Waals surface area contributed by atoms with Crippen molar-refractivity contribution in [2.75, 3.05) is 6.54 Å². The molecule has 1 aliphatic carbocycles. The van der Waals surface area contributed by atoms with E-state index in [0.717, 1.165) is 32.2 Å². The van der Waals surface area contributed by atoms with Crippen molar-refractivity contribution in [3.63, 3.8) is 0 Å². The van der Waals surface area contributed by atoms with Crippen LogP contribution >= 0.6 is 0 Å². The highest BCUT2D eigenvalue weighted by Gasteiger charge is 2.35. The standard InChI is InChI=1S/C20H25N3O2/c1-14(24)21-19(15-6-2-3-7-15)20(25)22-10-11-23-17(13-22)12-16-8-4-5-9-18(16)23/h4-5,8-9,12,15,19H,2-3,6-7,10-11,13H2,1H3,(H,21,24). The van der Waals surface area contributed by atoms with E-state index in [9.17, 15) is 9.59 Å². The molecule has 1 aromatic carbocycles. The maximum atomic E-state index is 13.1. The molecule has 1 aromatic heterocycles. The summed E-state index contributed by atoms with van der Waals surface area (Å²) in [4.78, 5) is 26.7. The van der Waals surface area contributed by atoms with Gasteiger partial charge in [-0.25, -0.2) is 0 Å². The van der Waals surface area contributed by atoms with Gasteiger partial charge in [0.1, 0.15) is 6.04 Å². The summed E-state index contributed by atoms with van der Waals surface area (Å²) in [5.41, 5.74) is 2.41. The number of nitrogens with one attached hydrogen (secondary N) is 1. The van der Waals surface area contributed by atoms with Gasteiger partial charge in [0, 0.05) is 31.2 Å². The van der Waals surface area contributed by atoms with Crippen molar-refractivity contribution in [1.29, 1.82) is 0 Å². The Morgan fingerprint density at radius 2 is 1.92 bits per heavy atom. The molecule has 2 aromatic rings. The maximum Gasteiger partial charge on any atom is 0.245 e. The first kappa shape index (κ1) is 16.2. The van der Waals surface area contributed by atoms with E-state index >= 15 is 0 Å². The van der Waals surface area contributed by atoms with Crippen molar-refractivity contribution in [2.45, 2.75) is 51.7 Å². The van der Waals surface area contributed by atoms with Crippen molar-refractivity contribution >= 4 is 22.7 Å². The SMILES string of the molecule is CC(=O)NC(C(=O)N1CCn2c(cc3ccccc32)C1)C1CCCC1. The fourth-order valence-electron chi connectivity index (χ4n) is 4.43. The van der Waals surface area contributed by atoms with Crippen LogP contribution in [-0.2, 0) is 22.7 Å². The zero-order valence-corrected chi connectivity index (χ0v) is 14.7. The van der Waals surface area contributed by atoms with Crippen molar-refractivity contribution < 1.29 is 9.59 Å². The number of para-hydroxylation sites is 1. The Morgan fingerprint density at radius 1 is 1.16 bits per heavy atom. The number of amides is 2. The highest BCUT2D eigenvalue weighted by Crippen LogP contribution is 2.30. The largest absolute Gasteiger partial charge is 0.344 e. The number of rotatable bonds is 3. The summed E-state index contributed by atoms with van der Waals surface area (Å²) >= 11 is 0. The Bertz CT molecular complexity index is 804. The fourth-order valence-corrected chi connectivity index (χ4v) is 4.43. The lowest BCUT2D eigenvalue weighted by Crippen LogP contribution is -2.52. The molecule has 4 rings (SSSR count). The molecular weight excluding hydrogens is 314 g/mol. The number of aromatic nitrogens is 1. The van der Waals surface area contributed by atoms with Crippen LogP contribution in [0.5, 0.6) is 0 Å². The molecule has 0 saturated heterocycles. The minimum atomic E-state index is -0.365. The lowest BCUT2D eigenvalue weighted by Gasteiger charge is -2.34. The molecule has 132 valence electrons. The number of hydrogen-bond donors (Lipinski definition) is 1. The van der Waals surface area contributed by atoms with Gasteiger partial charge in [-0.15, -0.1) is 0 Å². The van der Waals surface area contributed by atoms with Gasteiger partial charge in [-0.1, -0.05) is 31.0 Å². The van der Waals surface area contributed by atoms with E-state index < -0.39 is 0 Å². The zero-order chi connectivity index (χ0) is 17.4. The highest BCUT2D eigenvalue weighted by atomic mass is 16.2. The maximum absolute atomic E-state index is 13.1. The summed E-state index contributed by atoms with van der Waals surface area (Å²) in [5.74, 6) is 0.249. The molecule has 1 aliphatic heterocycles. The van der Waals surface area contributed by atoms with Crippen molar-refractivity contribution in [1.82, 2.24) is 14.8 Å². The van der Waals surface area contributed by atoms with E-state index in [1.807, 2.05) is 11.0 Å². The van der Waals surface area contributed by atoms with E-state index in [1.54, 1.807) is 0 Å². The Labute approximate surface area is 148 Å². The van der Waals surface area contributed by atoms with Crippen LogP contribution in [-0.4, -0.2) is 33.9 Å². The Kier molecular flexibility index (Phi) is 4.24. The van der Waals surface area contributed by atoms with Gasteiger partial charge in [-0.05, 0) is 36.3 Å². The van der Waals surface area contributed by atoms with Crippen LogP contribution in [0.15, 0.2) is 30.3 Å². The molecule has 0 bridgehead atoms. The summed E-state index contributed by atoms with van der Waals surface area (Å²) in [7, 11) is 0. The predicted octanol–water partition coefficient (Wildman–Crippen LogP) is 2.68. The second kappa shape index (κ2) is 6.54. The van der Waals surface area contributed by atoms with Gasteiger partial charge in [0.15, 0.2) is 0 Å². The molecule has 1 N–H and O–H groups in total. The molecule has 0 spiro atoms. The zero-order valence-electron chi connectivity index (χ0n) is 14.7. The van der Waals surface area contributed by atoms with Crippen LogP contribution in [0.3, 0.4) is 0 Å². The normalized spacial score (nSPS) is 19.0. The number of benzene rings is 1. The molecule has 1 unspecified atom stereocenters. The van der Waals surface area contributed by atoms with Crippen LogP contribution in [0.4, 0.5) is 0 Å². The van der Waals surface area contributed by atoms with Gasteiger partial charge in [0.2, 0.25) is 11.8 Å². The minimum absolute atomic E-state index is 0.0820. The Hall–Kier alpha value is -2.30. The van der Waals surface area contributed by atoms with Gasteiger partial charge in [0.25, 0.3) is 0 Å². The first-order valence-electron chi connectivity index (χ1n) is 9.26. The van der Waals surface area contributed by atoms with Gasteiger partial charge in [-0.2, -0.15) is 0 Å². The minimum Gasteiger partial charge on any atom is -0.344 e. The van der Waals surface area contributed by atoms with Crippen LogP contribution in [0, 0.1) is 5.92 Å². The number of fused-ring (bicyclic) bond motifs is 3. The van der Waals surface area contributed by atoms with Gasteiger partial charge in [-0.3, -0.25) is 9.59 Å². The summed E-state index contributed by atoms with van der Waals surface area (Å²) in [6.45, 7) is 3.64. The molecule has 2 amide bonds. The van der Waals surface area contributed by atoms with Gasteiger partial charge < -0.3 is 14.8 Å². The molecular formula is C20H25N3O2. The third-order valence-electron chi connectivity index (χ3n) is 5.65. The lowest BCUT2D eigenvalue weighted by molar-refractivity contribution is -0.138. The average Bonchev–Trinajstić information content (AvgIpc) is 3.25. The molecule has 1 fully saturated rings. The molecule has 2 heterocycles. The number of carbonyl (C=O) groups is 2.